The summed E-state index contributed by atoms with van der Waals surface area (Å²) in [4.78, 5) is 48.4. The Labute approximate surface area is 218 Å². The number of fused-ring (bicyclic) bond motifs is 5. The van der Waals surface area contributed by atoms with Crippen molar-refractivity contribution in [3.63, 3.8) is 0 Å². The molecule has 4 aliphatic carbocycles. The molecule has 3 saturated carbocycles. The first-order chi connectivity index (χ1) is 17.1. The van der Waals surface area contributed by atoms with Gasteiger partial charge in [0.15, 0.2) is 5.78 Å². The maximum Gasteiger partial charge on any atom is 0.326 e. The van der Waals surface area contributed by atoms with E-state index in [1.54, 1.807) is 0 Å². The van der Waals surface area contributed by atoms with Gasteiger partial charge < -0.3 is 15.2 Å². The molecule has 0 spiro atoms. The van der Waals surface area contributed by atoms with Crippen molar-refractivity contribution < 1.29 is 29.0 Å². The van der Waals surface area contributed by atoms with Crippen molar-refractivity contribution in [3.05, 3.63) is 11.6 Å². The molecule has 0 aromatic heterocycles. The minimum Gasteiger partial charge on any atom is -0.480 e. The van der Waals surface area contributed by atoms with Gasteiger partial charge in [-0.05, 0) is 92.6 Å². The van der Waals surface area contributed by atoms with E-state index in [0.717, 1.165) is 44.9 Å². The summed E-state index contributed by atoms with van der Waals surface area (Å²) in [6.45, 7) is 4.66. The molecule has 0 saturated heterocycles. The van der Waals surface area contributed by atoms with Crippen LogP contribution >= 0.6 is 11.8 Å². The molecule has 0 aliphatic heterocycles. The molecule has 36 heavy (non-hydrogen) atoms. The Morgan fingerprint density at radius 1 is 1.11 bits per heavy atom. The number of hydrogen-bond acceptors (Lipinski definition) is 6. The van der Waals surface area contributed by atoms with Crippen LogP contribution in [0, 0.1) is 28.6 Å². The quantitative estimate of drug-likeness (QED) is 0.431. The van der Waals surface area contributed by atoms with Crippen LogP contribution in [0.4, 0.5) is 0 Å². The van der Waals surface area contributed by atoms with Crippen molar-refractivity contribution in [2.75, 3.05) is 12.0 Å². The van der Waals surface area contributed by atoms with E-state index >= 15 is 0 Å². The number of carboxylic acids is 1. The van der Waals surface area contributed by atoms with Gasteiger partial charge in [-0.1, -0.05) is 19.4 Å². The smallest absolute Gasteiger partial charge is 0.326 e. The molecular formula is C28H41NO6S. The Kier molecular flexibility index (Phi) is 8.22. The fourth-order valence-corrected chi connectivity index (χ4v) is 8.37. The van der Waals surface area contributed by atoms with Gasteiger partial charge in [-0.3, -0.25) is 14.4 Å². The van der Waals surface area contributed by atoms with Crippen LogP contribution in [0.15, 0.2) is 11.6 Å². The third-order valence-electron chi connectivity index (χ3n) is 9.95. The number of carbonyl (C=O) groups excluding carboxylic acids is 3. The minimum atomic E-state index is -1.06. The molecule has 200 valence electrons. The van der Waals surface area contributed by atoms with Gasteiger partial charge in [0.25, 0.3) is 0 Å². The Hall–Kier alpha value is -1.83. The molecule has 2 N–H and O–H groups in total. The highest BCUT2D eigenvalue weighted by Gasteiger charge is 2.59. The second-order valence-corrected chi connectivity index (χ2v) is 12.8. The maximum atomic E-state index is 12.7. The summed E-state index contributed by atoms with van der Waals surface area (Å²) in [6, 6.07) is -0.930. The SMILES string of the molecule is CSCC[C@H](NC(=O)CCC(=O)O[C@H]1CC[C@H]2[C@H]3CCC4=CC(=O)CC[C@@]4(C)[C@H]3CC[C@@]12C)C(=O)O. The standard InChI is InChI=1S/C28H41NO6S/c1-27-13-10-18(30)16-17(27)4-5-19-20-6-7-23(28(20,2)14-11-21(19)27)35-25(32)9-8-24(31)29-22(26(33)34)12-15-36-3/h16,19-23H,4-15H2,1-3H3,(H,29,31)(H,33,34)/t19-,20+,21+,22+,23+,27-,28-/m1/s1. The van der Waals surface area contributed by atoms with Crippen molar-refractivity contribution in [2.24, 2.45) is 28.6 Å². The summed E-state index contributed by atoms with van der Waals surface area (Å²) in [5.74, 6) is 0.765. The van der Waals surface area contributed by atoms with E-state index in [4.69, 9.17) is 4.74 Å². The largest absolute Gasteiger partial charge is 0.480 e. The Morgan fingerprint density at radius 3 is 2.61 bits per heavy atom. The lowest BCUT2D eigenvalue weighted by Gasteiger charge is -2.57. The average Bonchev–Trinajstić information content (AvgIpc) is 3.16. The van der Waals surface area contributed by atoms with Crippen LogP contribution < -0.4 is 5.32 Å². The van der Waals surface area contributed by atoms with Crippen molar-refractivity contribution in [3.8, 4) is 0 Å². The second-order valence-electron chi connectivity index (χ2n) is 11.8. The zero-order chi connectivity index (χ0) is 26.1. The van der Waals surface area contributed by atoms with Crippen molar-refractivity contribution in [1.29, 1.82) is 0 Å². The van der Waals surface area contributed by atoms with Gasteiger partial charge in [0, 0.05) is 18.3 Å². The van der Waals surface area contributed by atoms with Crippen LogP contribution in [0.1, 0.15) is 84.5 Å². The molecule has 7 atom stereocenters. The van der Waals surface area contributed by atoms with E-state index in [2.05, 4.69) is 19.2 Å². The molecule has 0 bridgehead atoms. The Morgan fingerprint density at radius 2 is 1.89 bits per heavy atom. The lowest BCUT2D eigenvalue weighted by molar-refractivity contribution is -0.160. The fourth-order valence-electron chi connectivity index (χ4n) is 7.90. The molecular weight excluding hydrogens is 478 g/mol. The van der Waals surface area contributed by atoms with Crippen molar-refractivity contribution in [1.82, 2.24) is 5.32 Å². The summed E-state index contributed by atoms with van der Waals surface area (Å²) in [6.07, 6.45) is 11.7. The molecule has 8 heteroatoms. The van der Waals surface area contributed by atoms with Gasteiger partial charge in [0.2, 0.25) is 5.91 Å². The highest BCUT2D eigenvalue weighted by atomic mass is 32.2. The summed E-state index contributed by atoms with van der Waals surface area (Å²) < 4.78 is 5.98. The highest BCUT2D eigenvalue weighted by molar-refractivity contribution is 7.98. The highest BCUT2D eigenvalue weighted by Crippen LogP contribution is 2.65. The monoisotopic (exact) mass is 519 g/mol. The van der Waals surface area contributed by atoms with Crippen LogP contribution in [0.2, 0.25) is 0 Å². The lowest BCUT2D eigenvalue weighted by Crippen LogP contribution is -2.51. The molecule has 4 rings (SSSR count). The summed E-state index contributed by atoms with van der Waals surface area (Å²) in [5.41, 5.74) is 1.44. The van der Waals surface area contributed by atoms with Gasteiger partial charge in [-0.25, -0.2) is 4.79 Å². The number of amides is 1. The van der Waals surface area contributed by atoms with Crippen molar-refractivity contribution in [2.45, 2.75) is 96.6 Å². The normalized spacial score (nSPS) is 36.1. The van der Waals surface area contributed by atoms with Crippen LogP contribution in [-0.4, -0.2) is 52.9 Å². The van der Waals surface area contributed by atoms with Crippen LogP contribution in [-0.2, 0) is 23.9 Å². The number of allylic oxidation sites excluding steroid dienone is 1. The fraction of sp³-hybridized carbons (Fsp3) is 0.786. The predicted molar refractivity (Wildman–Crippen MR) is 138 cm³/mol. The number of thioether (sulfide) groups is 1. The molecule has 3 fully saturated rings. The number of rotatable bonds is 9. The first-order valence-corrected chi connectivity index (χ1v) is 14.9. The van der Waals surface area contributed by atoms with E-state index in [9.17, 15) is 24.3 Å². The van der Waals surface area contributed by atoms with Crippen LogP contribution in [0.5, 0.6) is 0 Å². The van der Waals surface area contributed by atoms with Gasteiger partial charge in [-0.2, -0.15) is 11.8 Å². The number of esters is 1. The van der Waals surface area contributed by atoms with E-state index < -0.39 is 17.9 Å². The summed E-state index contributed by atoms with van der Waals surface area (Å²) in [7, 11) is 0. The molecule has 0 aromatic carbocycles. The number of ether oxygens (including phenoxy) is 1. The Bertz CT molecular complexity index is 933. The van der Waals surface area contributed by atoms with E-state index in [1.807, 2.05) is 12.3 Å². The molecule has 0 radical (unpaired) electrons. The van der Waals surface area contributed by atoms with Gasteiger partial charge >= 0.3 is 11.9 Å². The lowest BCUT2D eigenvalue weighted by atomic mass is 9.47. The minimum absolute atomic E-state index is 0.0374. The number of aliphatic carboxylic acids is 1. The third kappa shape index (κ3) is 5.25. The van der Waals surface area contributed by atoms with Crippen LogP contribution in [0.25, 0.3) is 0 Å². The molecule has 0 heterocycles. The molecule has 0 unspecified atom stereocenters. The third-order valence-corrected chi connectivity index (χ3v) is 10.6. The molecule has 7 nitrogen and oxygen atoms in total. The molecule has 1 amide bonds. The Balaban J connectivity index is 1.32. The van der Waals surface area contributed by atoms with E-state index in [0.29, 0.717) is 36.3 Å². The zero-order valence-corrected chi connectivity index (χ0v) is 22.7. The van der Waals surface area contributed by atoms with Gasteiger partial charge in [-0.15, -0.1) is 0 Å². The summed E-state index contributed by atoms with van der Waals surface area (Å²) >= 11 is 1.53. The molecule has 4 aliphatic rings. The number of ketones is 1. The van der Waals surface area contributed by atoms with Gasteiger partial charge in [0.1, 0.15) is 12.1 Å². The van der Waals surface area contributed by atoms with E-state index in [1.165, 1.54) is 17.3 Å². The van der Waals surface area contributed by atoms with Crippen molar-refractivity contribution >= 4 is 35.4 Å². The average molecular weight is 520 g/mol. The number of carbonyl (C=O) groups is 4. The first-order valence-electron chi connectivity index (χ1n) is 13.5. The predicted octanol–water partition coefficient (Wildman–Crippen LogP) is 4.53. The number of nitrogens with one attached hydrogen (secondary N) is 1. The zero-order valence-electron chi connectivity index (χ0n) is 21.8. The first kappa shape index (κ1) is 27.2. The second kappa shape index (κ2) is 10.9. The number of hydrogen-bond donors (Lipinski definition) is 2. The number of carboxylic acid groups (broad SMARTS) is 1. The molecule has 0 aromatic rings. The summed E-state index contributed by atoms with van der Waals surface area (Å²) in [5, 5.41) is 11.8. The van der Waals surface area contributed by atoms with E-state index in [-0.39, 0.29) is 41.5 Å². The van der Waals surface area contributed by atoms with Crippen LogP contribution in [0.3, 0.4) is 0 Å². The van der Waals surface area contributed by atoms with Gasteiger partial charge in [0.05, 0.1) is 6.42 Å². The topological polar surface area (TPSA) is 110 Å². The maximum absolute atomic E-state index is 12.7.